The van der Waals surface area contributed by atoms with E-state index >= 15 is 0 Å². The lowest BCUT2D eigenvalue weighted by molar-refractivity contribution is 0.296. The lowest BCUT2D eigenvalue weighted by Crippen LogP contribution is -2.10. The zero-order chi connectivity index (χ0) is 16.5. The Labute approximate surface area is 139 Å². The monoisotopic (exact) mass is 325 g/mol. The van der Waals surface area contributed by atoms with Crippen LogP contribution in [0.4, 0.5) is 5.82 Å². The molecule has 1 N–H and O–H groups in total. The van der Waals surface area contributed by atoms with Crippen molar-refractivity contribution in [3.8, 4) is 11.5 Å². The number of nitrogens with one attached hydrogen (secondary N) is 1. The molecule has 0 fully saturated rings. The molecular formula is C17H19N5O2. The summed E-state index contributed by atoms with van der Waals surface area (Å²) in [7, 11) is 0. The first-order valence-corrected chi connectivity index (χ1v) is 8.02. The van der Waals surface area contributed by atoms with Gasteiger partial charge in [0.05, 0.1) is 13.2 Å². The minimum absolute atomic E-state index is 0.590. The molecule has 1 aromatic carbocycles. The van der Waals surface area contributed by atoms with Crippen LogP contribution in [0.3, 0.4) is 0 Å². The van der Waals surface area contributed by atoms with Gasteiger partial charge in [-0.1, -0.05) is 12.1 Å². The molecule has 0 radical (unpaired) electrons. The molecule has 7 heteroatoms. The standard InChI is InChI=1S/C17H19N5O2/c1-11-12(2)21-17-19-10-20-22(17)16(11)18-9-13-5-3-6-14-15(13)24-8-4-7-23-14/h3,5-6,10,18H,4,7-9H2,1-2H3. The summed E-state index contributed by atoms with van der Waals surface area (Å²) in [5.74, 6) is 3.11. The van der Waals surface area contributed by atoms with Gasteiger partial charge in [0.15, 0.2) is 11.5 Å². The van der Waals surface area contributed by atoms with Gasteiger partial charge in [0, 0.05) is 29.8 Å². The molecule has 0 saturated heterocycles. The number of hydrogen-bond donors (Lipinski definition) is 1. The Morgan fingerprint density at radius 1 is 1.21 bits per heavy atom. The Bertz CT molecular complexity index is 890. The van der Waals surface area contributed by atoms with Crippen LogP contribution in [0.2, 0.25) is 0 Å². The highest BCUT2D eigenvalue weighted by molar-refractivity contribution is 5.54. The zero-order valence-corrected chi connectivity index (χ0v) is 13.7. The Morgan fingerprint density at radius 2 is 2.08 bits per heavy atom. The van der Waals surface area contributed by atoms with E-state index in [1.54, 1.807) is 4.52 Å². The van der Waals surface area contributed by atoms with Crippen LogP contribution in [0, 0.1) is 13.8 Å². The van der Waals surface area contributed by atoms with E-state index in [4.69, 9.17) is 9.47 Å². The smallest absolute Gasteiger partial charge is 0.254 e. The Balaban J connectivity index is 1.67. The maximum atomic E-state index is 5.88. The molecule has 0 bridgehead atoms. The van der Waals surface area contributed by atoms with E-state index in [0.717, 1.165) is 40.6 Å². The first kappa shape index (κ1) is 14.7. The maximum absolute atomic E-state index is 5.88. The summed E-state index contributed by atoms with van der Waals surface area (Å²) in [6, 6.07) is 5.98. The Kier molecular flexibility index (Phi) is 3.68. The summed E-state index contributed by atoms with van der Waals surface area (Å²) in [5, 5.41) is 7.71. The fourth-order valence-electron chi connectivity index (χ4n) is 2.81. The predicted molar refractivity (Wildman–Crippen MR) is 89.6 cm³/mol. The van der Waals surface area contributed by atoms with E-state index < -0.39 is 0 Å². The first-order chi connectivity index (χ1) is 11.7. The number of fused-ring (bicyclic) bond motifs is 2. The zero-order valence-electron chi connectivity index (χ0n) is 13.7. The van der Waals surface area contributed by atoms with Crippen LogP contribution in [0.25, 0.3) is 5.78 Å². The third-order valence-electron chi connectivity index (χ3n) is 4.21. The van der Waals surface area contributed by atoms with Gasteiger partial charge in [0.2, 0.25) is 0 Å². The van der Waals surface area contributed by atoms with Gasteiger partial charge in [-0.15, -0.1) is 0 Å². The summed E-state index contributed by atoms with van der Waals surface area (Å²) in [5.41, 5.74) is 3.04. The van der Waals surface area contributed by atoms with Crippen molar-refractivity contribution in [2.75, 3.05) is 18.5 Å². The number of aryl methyl sites for hydroxylation is 1. The molecule has 3 aromatic rings. The van der Waals surface area contributed by atoms with Crippen LogP contribution < -0.4 is 14.8 Å². The molecule has 4 rings (SSSR count). The molecule has 0 unspecified atom stereocenters. The van der Waals surface area contributed by atoms with E-state index in [-0.39, 0.29) is 0 Å². The fraction of sp³-hybridized carbons (Fsp3) is 0.353. The van der Waals surface area contributed by atoms with Crippen molar-refractivity contribution in [2.24, 2.45) is 0 Å². The van der Waals surface area contributed by atoms with E-state index in [0.29, 0.717) is 25.5 Å². The van der Waals surface area contributed by atoms with Crippen LogP contribution in [0.15, 0.2) is 24.5 Å². The van der Waals surface area contributed by atoms with E-state index in [1.165, 1.54) is 6.33 Å². The van der Waals surface area contributed by atoms with Crippen LogP contribution >= 0.6 is 0 Å². The van der Waals surface area contributed by atoms with Crippen molar-refractivity contribution in [1.82, 2.24) is 19.6 Å². The average Bonchev–Trinajstić information content (AvgIpc) is 2.90. The number of para-hydroxylation sites is 1. The average molecular weight is 325 g/mol. The van der Waals surface area contributed by atoms with Gasteiger partial charge in [-0.25, -0.2) is 4.98 Å². The van der Waals surface area contributed by atoms with Gasteiger partial charge in [0.25, 0.3) is 5.78 Å². The largest absolute Gasteiger partial charge is 0.490 e. The third-order valence-corrected chi connectivity index (χ3v) is 4.21. The molecule has 0 atom stereocenters. The van der Waals surface area contributed by atoms with Gasteiger partial charge in [-0.05, 0) is 19.9 Å². The van der Waals surface area contributed by atoms with Gasteiger partial charge < -0.3 is 14.8 Å². The Hall–Kier alpha value is -2.83. The summed E-state index contributed by atoms with van der Waals surface area (Å²) >= 11 is 0. The van der Waals surface area contributed by atoms with Crippen molar-refractivity contribution in [2.45, 2.75) is 26.8 Å². The molecule has 124 valence electrons. The maximum Gasteiger partial charge on any atom is 0.254 e. The van der Waals surface area contributed by atoms with Crippen molar-refractivity contribution >= 4 is 11.6 Å². The van der Waals surface area contributed by atoms with Crippen LogP contribution in [0.5, 0.6) is 11.5 Å². The van der Waals surface area contributed by atoms with Crippen molar-refractivity contribution in [1.29, 1.82) is 0 Å². The number of anilines is 1. The number of aromatic nitrogens is 4. The lowest BCUT2D eigenvalue weighted by Gasteiger charge is -2.15. The van der Waals surface area contributed by atoms with Crippen molar-refractivity contribution in [3.05, 3.63) is 41.3 Å². The summed E-state index contributed by atoms with van der Waals surface area (Å²) in [4.78, 5) is 8.61. The van der Waals surface area contributed by atoms with E-state index in [2.05, 4.69) is 20.4 Å². The Morgan fingerprint density at radius 3 is 3.00 bits per heavy atom. The quantitative estimate of drug-likeness (QED) is 0.797. The molecule has 0 spiro atoms. The highest BCUT2D eigenvalue weighted by Crippen LogP contribution is 2.33. The highest BCUT2D eigenvalue weighted by Gasteiger charge is 2.16. The van der Waals surface area contributed by atoms with Gasteiger partial charge >= 0.3 is 0 Å². The second-order valence-electron chi connectivity index (χ2n) is 5.79. The molecule has 24 heavy (non-hydrogen) atoms. The minimum Gasteiger partial charge on any atom is -0.490 e. The number of hydrogen-bond acceptors (Lipinski definition) is 6. The first-order valence-electron chi connectivity index (χ1n) is 8.02. The second kappa shape index (κ2) is 5.99. The summed E-state index contributed by atoms with van der Waals surface area (Å²) < 4.78 is 13.4. The molecule has 3 heterocycles. The third kappa shape index (κ3) is 2.51. The van der Waals surface area contributed by atoms with Crippen LogP contribution in [0.1, 0.15) is 23.2 Å². The van der Waals surface area contributed by atoms with Crippen molar-refractivity contribution in [3.63, 3.8) is 0 Å². The molecular weight excluding hydrogens is 306 g/mol. The second-order valence-corrected chi connectivity index (χ2v) is 5.79. The van der Waals surface area contributed by atoms with Gasteiger partial charge in [-0.2, -0.15) is 14.6 Å². The molecule has 1 aliphatic heterocycles. The minimum atomic E-state index is 0.590. The van der Waals surface area contributed by atoms with Gasteiger partial charge in [-0.3, -0.25) is 0 Å². The van der Waals surface area contributed by atoms with Gasteiger partial charge in [0.1, 0.15) is 12.1 Å². The van der Waals surface area contributed by atoms with Crippen LogP contribution in [-0.2, 0) is 6.54 Å². The van der Waals surface area contributed by atoms with E-state index in [9.17, 15) is 0 Å². The summed E-state index contributed by atoms with van der Waals surface area (Å²) in [6.45, 7) is 5.96. The lowest BCUT2D eigenvalue weighted by atomic mass is 10.1. The number of benzene rings is 1. The fourth-order valence-corrected chi connectivity index (χ4v) is 2.81. The molecule has 2 aromatic heterocycles. The molecule has 0 aliphatic carbocycles. The normalized spacial score (nSPS) is 13.8. The highest BCUT2D eigenvalue weighted by atomic mass is 16.5. The molecule has 7 nitrogen and oxygen atoms in total. The van der Waals surface area contributed by atoms with Crippen LogP contribution in [-0.4, -0.2) is 32.8 Å². The number of nitrogens with zero attached hydrogens (tertiary/aromatic N) is 4. The SMILES string of the molecule is Cc1nc2ncnn2c(NCc2cccc3c2OCCCO3)c1C. The molecule has 0 saturated carbocycles. The molecule has 1 aliphatic rings. The molecule has 0 amide bonds. The number of rotatable bonds is 3. The van der Waals surface area contributed by atoms with Crippen molar-refractivity contribution < 1.29 is 9.47 Å². The number of ether oxygens (including phenoxy) is 2. The van der Waals surface area contributed by atoms with E-state index in [1.807, 2.05) is 32.0 Å². The topological polar surface area (TPSA) is 73.6 Å². The summed E-state index contributed by atoms with van der Waals surface area (Å²) in [6.07, 6.45) is 2.40. The predicted octanol–water partition coefficient (Wildman–Crippen LogP) is 2.51.